The molecule has 1 aliphatic rings. The number of fused-ring (bicyclic) bond motifs is 1. The molecule has 1 fully saturated rings. The highest BCUT2D eigenvalue weighted by molar-refractivity contribution is 6.09. The van der Waals surface area contributed by atoms with E-state index in [1.54, 1.807) is 7.11 Å². The first kappa shape index (κ1) is 17.8. The smallest absolute Gasteiger partial charge is 0.178 e. The number of nitrogens with zero attached hydrogens (tertiary/aromatic N) is 2. The molecule has 1 aromatic heterocycles. The van der Waals surface area contributed by atoms with Crippen molar-refractivity contribution in [3.05, 3.63) is 65.9 Å². The summed E-state index contributed by atoms with van der Waals surface area (Å²) in [4.78, 5) is 20.7. The fourth-order valence-electron chi connectivity index (χ4n) is 3.70. The molecule has 2 heterocycles. The molecular weight excluding hydrogens is 338 g/mol. The van der Waals surface area contributed by atoms with Crippen molar-refractivity contribution in [3.63, 3.8) is 0 Å². The number of hydrogen-bond acceptors (Lipinski definition) is 4. The lowest BCUT2D eigenvalue weighted by Crippen LogP contribution is -2.47. The second kappa shape index (κ2) is 7.94. The maximum atomic E-state index is 12.8. The van der Waals surface area contributed by atoms with E-state index >= 15 is 0 Å². The van der Waals surface area contributed by atoms with Gasteiger partial charge in [-0.2, -0.15) is 0 Å². The lowest BCUT2D eigenvalue weighted by Gasteiger charge is -2.34. The Morgan fingerprint density at radius 2 is 1.78 bits per heavy atom. The van der Waals surface area contributed by atoms with E-state index in [1.807, 2.05) is 30.5 Å². The summed E-state index contributed by atoms with van der Waals surface area (Å²) in [6.45, 7) is 5.29. The first-order chi connectivity index (χ1) is 13.2. The number of piperazine rings is 1. The molecule has 0 amide bonds. The summed E-state index contributed by atoms with van der Waals surface area (Å²) in [5, 5.41) is 0.962. The molecule has 0 bridgehead atoms. The molecule has 5 nitrogen and oxygen atoms in total. The third-order valence-corrected chi connectivity index (χ3v) is 5.27. The molecule has 0 atom stereocenters. The number of ketones is 1. The van der Waals surface area contributed by atoms with Gasteiger partial charge >= 0.3 is 0 Å². The molecule has 1 N–H and O–H groups in total. The van der Waals surface area contributed by atoms with Crippen molar-refractivity contribution in [1.82, 2.24) is 14.8 Å². The van der Waals surface area contributed by atoms with E-state index in [9.17, 15) is 4.79 Å². The lowest BCUT2D eigenvalue weighted by atomic mass is 10.1. The van der Waals surface area contributed by atoms with E-state index in [0.717, 1.165) is 54.9 Å². The summed E-state index contributed by atoms with van der Waals surface area (Å²) < 4.78 is 5.25. The van der Waals surface area contributed by atoms with Gasteiger partial charge in [-0.1, -0.05) is 30.3 Å². The summed E-state index contributed by atoms with van der Waals surface area (Å²) in [5.74, 6) is 0.959. The fourth-order valence-corrected chi connectivity index (χ4v) is 3.70. The molecule has 2 aromatic carbocycles. The number of hydrogen-bond donors (Lipinski definition) is 1. The molecule has 0 spiro atoms. The van der Waals surface area contributed by atoms with Crippen LogP contribution < -0.4 is 4.74 Å². The number of carbonyl (C=O) groups excluding carboxylic acids is 1. The first-order valence-corrected chi connectivity index (χ1v) is 9.40. The first-order valence-electron chi connectivity index (χ1n) is 9.40. The minimum atomic E-state index is 0.169. The quantitative estimate of drug-likeness (QED) is 0.684. The number of aromatic nitrogens is 1. The third-order valence-electron chi connectivity index (χ3n) is 5.27. The number of Topliss-reactive ketones (excluding diaryl/α,β-unsaturated/α-hetero) is 1. The topological polar surface area (TPSA) is 48.6 Å². The fraction of sp³-hybridized carbons (Fsp3) is 0.318. The predicted octanol–water partition coefficient (Wildman–Crippen LogP) is 3.18. The van der Waals surface area contributed by atoms with Gasteiger partial charge in [0.15, 0.2) is 5.78 Å². The van der Waals surface area contributed by atoms with E-state index in [1.165, 1.54) is 5.56 Å². The molecule has 0 saturated carbocycles. The maximum Gasteiger partial charge on any atom is 0.178 e. The Balaban J connectivity index is 1.34. The molecule has 1 aliphatic heterocycles. The molecule has 1 saturated heterocycles. The van der Waals surface area contributed by atoms with Crippen LogP contribution in [-0.4, -0.2) is 60.4 Å². The number of ether oxygens (including phenoxy) is 1. The zero-order valence-corrected chi connectivity index (χ0v) is 15.6. The van der Waals surface area contributed by atoms with Gasteiger partial charge in [-0.15, -0.1) is 0 Å². The number of rotatable bonds is 6. The number of nitrogens with one attached hydrogen (secondary N) is 1. The van der Waals surface area contributed by atoms with Gasteiger partial charge in [-0.05, 0) is 17.7 Å². The van der Waals surface area contributed by atoms with Gasteiger partial charge in [0.2, 0.25) is 0 Å². The van der Waals surface area contributed by atoms with Crippen molar-refractivity contribution in [2.45, 2.75) is 6.54 Å². The van der Waals surface area contributed by atoms with E-state index in [-0.39, 0.29) is 5.78 Å². The van der Waals surface area contributed by atoms with Crippen LogP contribution in [0.15, 0.2) is 54.7 Å². The van der Waals surface area contributed by atoms with Crippen molar-refractivity contribution in [2.24, 2.45) is 0 Å². The summed E-state index contributed by atoms with van der Waals surface area (Å²) in [7, 11) is 1.65. The van der Waals surface area contributed by atoms with Gasteiger partial charge in [0.25, 0.3) is 0 Å². The van der Waals surface area contributed by atoms with Gasteiger partial charge in [0, 0.05) is 61.5 Å². The molecule has 140 valence electrons. The average molecular weight is 363 g/mol. The summed E-state index contributed by atoms with van der Waals surface area (Å²) in [5.41, 5.74) is 3.04. The Morgan fingerprint density at radius 3 is 2.52 bits per heavy atom. The van der Waals surface area contributed by atoms with Crippen molar-refractivity contribution in [2.75, 3.05) is 39.8 Å². The maximum absolute atomic E-state index is 12.8. The Morgan fingerprint density at radius 1 is 1.04 bits per heavy atom. The normalized spacial score (nSPS) is 15.9. The highest BCUT2D eigenvalue weighted by atomic mass is 16.5. The van der Waals surface area contributed by atoms with Gasteiger partial charge in [0.1, 0.15) is 5.75 Å². The molecule has 27 heavy (non-hydrogen) atoms. The van der Waals surface area contributed by atoms with Gasteiger partial charge in [-0.3, -0.25) is 14.6 Å². The van der Waals surface area contributed by atoms with Crippen LogP contribution in [0.1, 0.15) is 15.9 Å². The van der Waals surface area contributed by atoms with Crippen LogP contribution in [0.4, 0.5) is 0 Å². The van der Waals surface area contributed by atoms with Crippen molar-refractivity contribution < 1.29 is 9.53 Å². The number of H-pyrrole nitrogens is 1. The average Bonchev–Trinajstić information content (AvgIpc) is 3.13. The number of aromatic amines is 1. The van der Waals surface area contributed by atoms with Gasteiger partial charge in [0.05, 0.1) is 13.7 Å². The molecule has 0 radical (unpaired) electrons. The highest BCUT2D eigenvalue weighted by Gasteiger charge is 2.21. The Bertz CT molecular complexity index is 912. The summed E-state index contributed by atoms with van der Waals surface area (Å²) in [6.07, 6.45) is 1.82. The van der Waals surface area contributed by atoms with Crippen LogP contribution in [0.3, 0.4) is 0 Å². The molecule has 0 aliphatic carbocycles. The number of methoxy groups -OCH3 is 1. The van der Waals surface area contributed by atoms with Crippen molar-refractivity contribution >= 4 is 16.7 Å². The third kappa shape index (κ3) is 4.04. The molecule has 5 heteroatoms. The second-order valence-corrected chi connectivity index (χ2v) is 7.07. The van der Waals surface area contributed by atoms with E-state index in [2.05, 4.69) is 39.0 Å². The molecule has 0 unspecified atom stereocenters. The van der Waals surface area contributed by atoms with Crippen LogP contribution in [0.5, 0.6) is 5.75 Å². The van der Waals surface area contributed by atoms with Crippen LogP contribution in [0.25, 0.3) is 10.9 Å². The van der Waals surface area contributed by atoms with Crippen LogP contribution in [0, 0.1) is 0 Å². The largest absolute Gasteiger partial charge is 0.497 e. The van der Waals surface area contributed by atoms with Crippen molar-refractivity contribution in [3.8, 4) is 5.75 Å². The van der Waals surface area contributed by atoms with Crippen LogP contribution in [0.2, 0.25) is 0 Å². The Hall–Kier alpha value is -2.63. The van der Waals surface area contributed by atoms with Crippen molar-refractivity contribution in [1.29, 1.82) is 0 Å². The highest BCUT2D eigenvalue weighted by Crippen LogP contribution is 2.23. The number of benzene rings is 2. The molecule has 4 rings (SSSR count). The van der Waals surface area contributed by atoms with Gasteiger partial charge < -0.3 is 9.72 Å². The second-order valence-electron chi connectivity index (χ2n) is 7.07. The number of carbonyl (C=O) groups is 1. The minimum Gasteiger partial charge on any atom is -0.497 e. The van der Waals surface area contributed by atoms with Crippen LogP contribution in [-0.2, 0) is 6.54 Å². The van der Waals surface area contributed by atoms with E-state index in [0.29, 0.717) is 6.54 Å². The Labute approximate surface area is 159 Å². The summed E-state index contributed by atoms with van der Waals surface area (Å²) >= 11 is 0. The lowest BCUT2D eigenvalue weighted by molar-refractivity contribution is 0.0845. The SMILES string of the molecule is COc1ccc2c(C(=O)CN3CCN(Cc4ccccc4)CC3)c[nH]c2c1. The van der Waals surface area contributed by atoms with Crippen LogP contribution >= 0.6 is 0 Å². The van der Waals surface area contributed by atoms with E-state index in [4.69, 9.17) is 4.74 Å². The van der Waals surface area contributed by atoms with E-state index < -0.39 is 0 Å². The Kier molecular flexibility index (Phi) is 5.23. The molecule has 3 aromatic rings. The predicted molar refractivity (Wildman–Crippen MR) is 107 cm³/mol. The standard InChI is InChI=1S/C22H25N3O2/c1-27-18-7-8-19-20(14-23-21(19)13-18)22(26)16-25-11-9-24(10-12-25)15-17-5-3-2-4-6-17/h2-8,13-14,23H,9-12,15-16H2,1H3. The molecular formula is C22H25N3O2. The monoisotopic (exact) mass is 363 g/mol. The zero-order chi connectivity index (χ0) is 18.6. The van der Waals surface area contributed by atoms with Gasteiger partial charge in [-0.25, -0.2) is 0 Å². The minimum absolute atomic E-state index is 0.169. The zero-order valence-electron chi connectivity index (χ0n) is 15.6. The summed E-state index contributed by atoms with van der Waals surface area (Å²) in [6, 6.07) is 16.3.